The second-order valence-corrected chi connectivity index (χ2v) is 6.66. The molecule has 3 rings (SSSR count). The van der Waals surface area contributed by atoms with E-state index in [1.807, 2.05) is 43.7 Å². The maximum Gasteiger partial charge on any atom is 0.365 e. The fourth-order valence-corrected chi connectivity index (χ4v) is 2.88. The summed E-state index contributed by atoms with van der Waals surface area (Å²) in [4.78, 5) is 17.2. The highest BCUT2D eigenvalue weighted by atomic mass is 16.7. The van der Waals surface area contributed by atoms with Crippen molar-refractivity contribution in [3.05, 3.63) is 82.2 Å². The van der Waals surface area contributed by atoms with Crippen molar-refractivity contribution in [1.29, 1.82) is 0 Å². The number of carbonyl (C=O) groups excluding carboxylic acids is 1. The van der Waals surface area contributed by atoms with E-state index in [4.69, 9.17) is 16.3 Å². The minimum absolute atomic E-state index is 0.0966. The molecule has 4 N–H and O–H groups in total. The van der Waals surface area contributed by atoms with Gasteiger partial charge in [-0.2, -0.15) is 5.10 Å². The highest BCUT2D eigenvalue weighted by molar-refractivity contribution is 6.00. The largest absolute Gasteiger partial charge is 0.398 e. The Morgan fingerprint density at radius 1 is 1.14 bits per heavy atom. The molecule has 0 amide bonds. The highest BCUT2D eigenvalue weighted by Gasteiger charge is 2.10. The molecule has 7 heteroatoms. The van der Waals surface area contributed by atoms with Crippen molar-refractivity contribution in [2.75, 3.05) is 5.73 Å². The highest BCUT2D eigenvalue weighted by Crippen LogP contribution is 2.15. The number of nitrogen functional groups attached to an aromatic ring is 1. The molecular formula is C21H23N5O2. The van der Waals surface area contributed by atoms with Gasteiger partial charge in [0.15, 0.2) is 5.84 Å². The average Bonchev–Trinajstić information content (AvgIpc) is 2.99. The number of amidine groups is 1. The van der Waals surface area contributed by atoms with E-state index in [1.165, 1.54) is 0 Å². The third-order valence-corrected chi connectivity index (χ3v) is 4.50. The molecule has 0 atom stereocenters. The van der Waals surface area contributed by atoms with Gasteiger partial charge >= 0.3 is 5.97 Å². The standard InChI is InChI=1S/C21H23N5O2/c1-13-11-14(2)26(24-13)12-16-7-9-17(10-8-16)21(27)28-25-20(23)18-5-4-6-19(22)15(18)3/h4-11H,12,22H2,1-3H3,(H2,23,25). The number of nitrogens with two attached hydrogens (primary N) is 2. The number of nitrogens with zero attached hydrogens (tertiary/aromatic N) is 3. The lowest BCUT2D eigenvalue weighted by molar-refractivity contribution is 0.0516. The van der Waals surface area contributed by atoms with Gasteiger partial charge in [-0.3, -0.25) is 4.68 Å². The van der Waals surface area contributed by atoms with Gasteiger partial charge in [-0.15, -0.1) is 0 Å². The van der Waals surface area contributed by atoms with Gasteiger partial charge in [0.1, 0.15) is 0 Å². The Labute approximate surface area is 163 Å². The van der Waals surface area contributed by atoms with E-state index >= 15 is 0 Å². The van der Waals surface area contributed by atoms with E-state index in [1.54, 1.807) is 30.3 Å². The molecule has 0 aliphatic heterocycles. The molecule has 1 aromatic heterocycles. The van der Waals surface area contributed by atoms with Crippen molar-refractivity contribution in [2.24, 2.45) is 10.9 Å². The lowest BCUT2D eigenvalue weighted by Gasteiger charge is -2.07. The molecule has 0 spiro atoms. The summed E-state index contributed by atoms with van der Waals surface area (Å²) in [6, 6.07) is 14.4. The number of benzene rings is 2. The summed E-state index contributed by atoms with van der Waals surface area (Å²) in [7, 11) is 0. The molecule has 7 nitrogen and oxygen atoms in total. The first-order chi connectivity index (χ1) is 13.3. The van der Waals surface area contributed by atoms with Crippen LogP contribution >= 0.6 is 0 Å². The summed E-state index contributed by atoms with van der Waals surface area (Å²) >= 11 is 0. The van der Waals surface area contributed by atoms with Crippen molar-refractivity contribution in [2.45, 2.75) is 27.3 Å². The molecule has 0 aliphatic carbocycles. The summed E-state index contributed by atoms with van der Waals surface area (Å²) in [5.41, 5.74) is 17.3. The van der Waals surface area contributed by atoms with Crippen LogP contribution in [0.4, 0.5) is 5.69 Å². The van der Waals surface area contributed by atoms with Crippen LogP contribution in [0.15, 0.2) is 53.7 Å². The lowest BCUT2D eigenvalue weighted by atomic mass is 10.1. The summed E-state index contributed by atoms with van der Waals surface area (Å²) in [5.74, 6) is -0.485. The van der Waals surface area contributed by atoms with Crippen molar-refractivity contribution >= 4 is 17.5 Å². The maximum absolute atomic E-state index is 12.2. The van der Waals surface area contributed by atoms with E-state index in [9.17, 15) is 4.79 Å². The smallest absolute Gasteiger partial charge is 0.365 e. The topological polar surface area (TPSA) is 109 Å². The van der Waals surface area contributed by atoms with Crippen LogP contribution < -0.4 is 11.5 Å². The molecule has 0 fully saturated rings. The van der Waals surface area contributed by atoms with Gasteiger partial charge in [0.25, 0.3) is 0 Å². The number of rotatable bonds is 5. The Balaban J connectivity index is 1.67. The van der Waals surface area contributed by atoms with Gasteiger partial charge in [-0.1, -0.05) is 29.4 Å². The third kappa shape index (κ3) is 4.20. The van der Waals surface area contributed by atoms with Crippen LogP contribution in [-0.2, 0) is 11.4 Å². The fraction of sp³-hybridized carbons (Fsp3) is 0.190. The number of anilines is 1. The molecular weight excluding hydrogens is 354 g/mol. The molecule has 0 unspecified atom stereocenters. The molecule has 1 heterocycles. The van der Waals surface area contributed by atoms with Gasteiger partial charge in [-0.05, 0) is 56.2 Å². The van der Waals surface area contributed by atoms with E-state index in [2.05, 4.69) is 10.3 Å². The number of aryl methyl sites for hydroxylation is 2. The van der Waals surface area contributed by atoms with Gasteiger partial charge in [0.05, 0.1) is 17.8 Å². The van der Waals surface area contributed by atoms with E-state index in [-0.39, 0.29) is 5.84 Å². The Morgan fingerprint density at radius 2 is 1.86 bits per heavy atom. The van der Waals surface area contributed by atoms with Crippen LogP contribution in [-0.4, -0.2) is 21.6 Å². The zero-order valence-corrected chi connectivity index (χ0v) is 16.1. The zero-order chi connectivity index (χ0) is 20.3. The summed E-state index contributed by atoms with van der Waals surface area (Å²) in [6.07, 6.45) is 0. The summed E-state index contributed by atoms with van der Waals surface area (Å²) in [5, 5.41) is 8.19. The van der Waals surface area contributed by atoms with E-state index in [0.29, 0.717) is 23.4 Å². The molecule has 0 aliphatic rings. The number of carbonyl (C=O) groups is 1. The maximum atomic E-state index is 12.2. The van der Waals surface area contributed by atoms with Crippen LogP contribution in [0.3, 0.4) is 0 Å². The number of hydrogen-bond donors (Lipinski definition) is 2. The molecule has 2 aromatic carbocycles. The predicted molar refractivity (Wildman–Crippen MR) is 109 cm³/mol. The number of hydrogen-bond acceptors (Lipinski definition) is 5. The van der Waals surface area contributed by atoms with Crippen LogP contribution in [0.5, 0.6) is 0 Å². The second-order valence-electron chi connectivity index (χ2n) is 6.66. The van der Waals surface area contributed by atoms with Crippen molar-refractivity contribution in [1.82, 2.24) is 9.78 Å². The quantitative estimate of drug-likeness (QED) is 0.234. The fourth-order valence-electron chi connectivity index (χ4n) is 2.88. The zero-order valence-electron chi connectivity index (χ0n) is 16.1. The normalized spacial score (nSPS) is 11.5. The van der Waals surface area contributed by atoms with Crippen molar-refractivity contribution < 1.29 is 9.63 Å². The molecule has 144 valence electrons. The van der Waals surface area contributed by atoms with Gasteiger partial charge in [0.2, 0.25) is 0 Å². The first-order valence-corrected chi connectivity index (χ1v) is 8.85. The van der Waals surface area contributed by atoms with Crippen molar-refractivity contribution in [3.63, 3.8) is 0 Å². The Kier molecular flexibility index (Phi) is 5.44. The van der Waals surface area contributed by atoms with Gasteiger partial charge < -0.3 is 16.3 Å². The molecule has 0 bridgehead atoms. The average molecular weight is 377 g/mol. The number of aromatic nitrogens is 2. The first-order valence-electron chi connectivity index (χ1n) is 8.85. The minimum Gasteiger partial charge on any atom is -0.398 e. The number of oxime groups is 1. The molecule has 0 saturated heterocycles. The summed E-state index contributed by atoms with van der Waals surface area (Å²) < 4.78 is 1.92. The van der Waals surface area contributed by atoms with Crippen molar-refractivity contribution in [3.8, 4) is 0 Å². The second kappa shape index (κ2) is 7.96. The van der Waals surface area contributed by atoms with E-state index < -0.39 is 5.97 Å². The molecule has 3 aromatic rings. The van der Waals surface area contributed by atoms with E-state index in [0.717, 1.165) is 22.5 Å². The third-order valence-electron chi connectivity index (χ3n) is 4.50. The molecule has 0 saturated carbocycles. The predicted octanol–water partition coefficient (Wildman–Crippen LogP) is 2.92. The Morgan fingerprint density at radius 3 is 2.50 bits per heavy atom. The molecule has 28 heavy (non-hydrogen) atoms. The minimum atomic E-state index is -0.581. The summed E-state index contributed by atoms with van der Waals surface area (Å²) in [6.45, 7) is 6.43. The van der Waals surface area contributed by atoms with Crippen LogP contribution in [0, 0.1) is 20.8 Å². The van der Waals surface area contributed by atoms with Crippen LogP contribution in [0.25, 0.3) is 0 Å². The first kappa shape index (κ1) is 19.2. The SMILES string of the molecule is Cc1cc(C)n(Cc2ccc(C(=O)O/N=C(\N)c3cccc(N)c3C)cc2)n1. The monoisotopic (exact) mass is 377 g/mol. The lowest BCUT2D eigenvalue weighted by Crippen LogP contribution is -2.17. The Hall–Kier alpha value is -3.61. The molecule has 0 radical (unpaired) electrons. The van der Waals surface area contributed by atoms with Crippen LogP contribution in [0.1, 0.15) is 38.4 Å². The van der Waals surface area contributed by atoms with Crippen LogP contribution in [0.2, 0.25) is 0 Å². The van der Waals surface area contributed by atoms with Gasteiger partial charge in [0, 0.05) is 16.9 Å². The van der Waals surface area contributed by atoms with Gasteiger partial charge in [-0.25, -0.2) is 4.79 Å². The Bertz CT molecular complexity index is 1040.